The van der Waals surface area contributed by atoms with Crippen molar-refractivity contribution in [2.24, 2.45) is 4.99 Å². The maximum atomic E-state index is 14.1. The molecule has 0 fully saturated rings. The molecule has 2 aliphatic rings. The lowest BCUT2D eigenvalue weighted by Crippen LogP contribution is -2.40. The van der Waals surface area contributed by atoms with Gasteiger partial charge in [0, 0.05) is 5.56 Å². The van der Waals surface area contributed by atoms with E-state index in [1.54, 1.807) is 36.8 Å². The first-order valence-electron chi connectivity index (χ1n) is 13.5. The average molecular weight is 585 g/mol. The van der Waals surface area contributed by atoms with Gasteiger partial charge in [0.25, 0.3) is 5.56 Å². The number of thiazole rings is 1. The number of nitrogens with zero attached hydrogens (tertiary/aromatic N) is 2. The Morgan fingerprint density at radius 1 is 1.02 bits per heavy atom. The summed E-state index contributed by atoms with van der Waals surface area (Å²) in [6.45, 7) is 4.42. The zero-order valence-electron chi connectivity index (χ0n) is 23.3. The van der Waals surface area contributed by atoms with E-state index in [1.165, 1.54) is 11.3 Å². The van der Waals surface area contributed by atoms with Gasteiger partial charge in [-0.15, -0.1) is 0 Å². The Hall–Kier alpha value is -4.83. The van der Waals surface area contributed by atoms with E-state index in [-0.39, 0.29) is 24.5 Å². The number of carbonyl (C=O) groups excluding carboxylic acids is 1. The third kappa shape index (κ3) is 4.94. The van der Waals surface area contributed by atoms with Crippen LogP contribution in [-0.2, 0) is 9.53 Å². The fraction of sp³-hybridized carbons (Fsp3) is 0.219. The minimum atomic E-state index is -0.818. The Kier molecular flexibility index (Phi) is 7.54. The van der Waals surface area contributed by atoms with Crippen LogP contribution in [0.25, 0.3) is 11.8 Å². The van der Waals surface area contributed by atoms with Gasteiger partial charge in [0.05, 0.1) is 42.2 Å². The molecule has 0 spiro atoms. The summed E-state index contributed by atoms with van der Waals surface area (Å²) < 4.78 is 29.8. The summed E-state index contributed by atoms with van der Waals surface area (Å²) in [5, 5.41) is 0. The van der Waals surface area contributed by atoms with Gasteiger partial charge < -0.3 is 23.7 Å². The Balaban J connectivity index is 1.60. The van der Waals surface area contributed by atoms with Crippen molar-refractivity contribution in [3.63, 3.8) is 0 Å². The number of hydrogen-bond acceptors (Lipinski definition) is 9. The van der Waals surface area contributed by atoms with E-state index in [2.05, 4.69) is 0 Å². The summed E-state index contributed by atoms with van der Waals surface area (Å²) in [6.07, 6.45) is 1.79. The second-order valence-electron chi connectivity index (χ2n) is 9.39. The standard InChI is InChI=1S/C32H28N2O7S/c1-4-38-22-13-11-19(15-24(22)37-3)16-26-30(35)34-29(21-12-14-23-25(17-21)41-18-40-23)27(31(36)39-5-2)28(33-32(34)42-26)20-9-7-6-8-10-20/h6-17,29H,4-5,18H2,1-3H3/t29-/m0/s1. The maximum Gasteiger partial charge on any atom is 0.338 e. The molecule has 9 nitrogen and oxygen atoms in total. The second kappa shape index (κ2) is 11.6. The highest BCUT2D eigenvalue weighted by Crippen LogP contribution is 2.40. The van der Waals surface area contributed by atoms with Crippen LogP contribution in [0.15, 0.2) is 82.1 Å². The summed E-state index contributed by atoms with van der Waals surface area (Å²) in [5.41, 5.74) is 2.59. The van der Waals surface area contributed by atoms with E-state index < -0.39 is 12.0 Å². The molecule has 0 amide bonds. The lowest BCUT2D eigenvalue weighted by Gasteiger charge is -2.26. The molecule has 0 N–H and O–H groups in total. The third-order valence-corrected chi connectivity index (χ3v) is 7.85. The molecule has 3 aromatic carbocycles. The van der Waals surface area contributed by atoms with Gasteiger partial charge in [-0.05, 0) is 55.3 Å². The zero-order chi connectivity index (χ0) is 29.2. The predicted molar refractivity (Wildman–Crippen MR) is 158 cm³/mol. The van der Waals surface area contributed by atoms with Crippen molar-refractivity contribution in [3.8, 4) is 23.0 Å². The number of ether oxygens (including phenoxy) is 5. The third-order valence-electron chi connectivity index (χ3n) is 6.87. The first-order chi connectivity index (χ1) is 20.5. The number of aromatic nitrogens is 1. The topological polar surface area (TPSA) is 97.6 Å². The number of rotatable bonds is 8. The zero-order valence-corrected chi connectivity index (χ0v) is 24.1. The molecule has 1 aromatic heterocycles. The SMILES string of the molecule is CCOC(=O)C1=C(c2ccccc2)N=c2sc(=Cc3ccc(OCC)c(OC)c3)c(=O)n2[C@H]1c1ccc2c(c1)OCO2. The second-order valence-corrected chi connectivity index (χ2v) is 10.4. The molecular weight excluding hydrogens is 556 g/mol. The molecule has 1 atom stereocenters. The smallest absolute Gasteiger partial charge is 0.338 e. The number of hydrogen-bond donors (Lipinski definition) is 0. The molecule has 0 bridgehead atoms. The van der Waals surface area contributed by atoms with Gasteiger partial charge in [-0.3, -0.25) is 9.36 Å². The Morgan fingerprint density at radius 2 is 1.83 bits per heavy atom. The molecule has 6 rings (SSSR count). The molecular formula is C32H28N2O7S. The normalized spacial score (nSPS) is 15.7. The average Bonchev–Trinajstić information content (AvgIpc) is 3.61. The molecule has 214 valence electrons. The van der Waals surface area contributed by atoms with E-state index in [1.807, 2.05) is 61.5 Å². The quantitative estimate of drug-likeness (QED) is 0.288. The van der Waals surface area contributed by atoms with Gasteiger partial charge in [-0.2, -0.15) is 0 Å². The number of carbonyl (C=O) groups is 1. The summed E-state index contributed by atoms with van der Waals surface area (Å²) in [7, 11) is 1.57. The largest absolute Gasteiger partial charge is 0.493 e. The molecule has 0 aliphatic carbocycles. The van der Waals surface area contributed by atoms with Crippen molar-refractivity contribution >= 4 is 29.1 Å². The Bertz CT molecular complexity index is 1870. The van der Waals surface area contributed by atoms with Crippen LogP contribution in [0.2, 0.25) is 0 Å². The van der Waals surface area contributed by atoms with Crippen LogP contribution in [0.3, 0.4) is 0 Å². The maximum absolute atomic E-state index is 14.1. The molecule has 2 aliphatic heterocycles. The molecule has 42 heavy (non-hydrogen) atoms. The first kappa shape index (κ1) is 27.3. The molecule has 4 aromatic rings. The fourth-order valence-corrected chi connectivity index (χ4v) is 6.04. The van der Waals surface area contributed by atoms with Gasteiger partial charge in [-0.25, -0.2) is 9.79 Å². The molecule has 10 heteroatoms. The van der Waals surface area contributed by atoms with Crippen LogP contribution >= 0.6 is 11.3 Å². The van der Waals surface area contributed by atoms with Crippen LogP contribution in [0, 0.1) is 0 Å². The Morgan fingerprint density at radius 3 is 2.60 bits per heavy atom. The number of methoxy groups -OCH3 is 1. The lowest BCUT2D eigenvalue weighted by atomic mass is 9.93. The summed E-state index contributed by atoms with van der Waals surface area (Å²) in [4.78, 5) is 33.1. The highest BCUT2D eigenvalue weighted by Gasteiger charge is 2.36. The molecule has 3 heterocycles. The molecule has 0 unspecified atom stereocenters. The van der Waals surface area contributed by atoms with Gasteiger partial charge in [0.1, 0.15) is 0 Å². The monoisotopic (exact) mass is 584 g/mol. The van der Waals surface area contributed by atoms with E-state index in [0.29, 0.717) is 50.2 Å². The van der Waals surface area contributed by atoms with Gasteiger partial charge in [0.2, 0.25) is 6.79 Å². The molecule has 0 saturated heterocycles. The number of benzene rings is 3. The summed E-state index contributed by atoms with van der Waals surface area (Å²) in [6, 6.07) is 19.5. The minimum Gasteiger partial charge on any atom is -0.493 e. The lowest BCUT2D eigenvalue weighted by molar-refractivity contribution is -0.138. The number of fused-ring (bicyclic) bond motifs is 2. The predicted octanol–water partition coefficient (Wildman–Crippen LogP) is 4.07. The number of esters is 1. The highest BCUT2D eigenvalue weighted by molar-refractivity contribution is 7.07. The van der Waals surface area contributed by atoms with Crippen molar-refractivity contribution in [1.29, 1.82) is 0 Å². The van der Waals surface area contributed by atoms with Crippen molar-refractivity contribution < 1.29 is 28.5 Å². The fourth-order valence-electron chi connectivity index (χ4n) is 5.04. The van der Waals surface area contributed by atoms with Crippen molar-refractivity contribution in [1.82, 2.24) is 4.57 Å². The summed E-state index contributed by atoms with van der Waals surface area (Å²) in [5.74, 6) is 1.77. The van der Waals surface area contributed by atoms with Crippen LogP contribution in [-0.4, -0.2) is 37.7 Å². The molecule has 0 radical (unpaired) electrons. The van der Waals surface area contributed by atoms with Crippen LogP contribution in [0.5, 0.6) is 23.0 Å². The molecule has 0 saturated carbocycles. The Labute approximate surface area is 245 Å². The van der Waals surface area contributed by atoms with Crippen molar-refractivity contribution in [2.75, 3.05) is 27.1 Å². The minimum absolute atomic E-state index is 0.100. The van der Waals surface area contributed by atoms with Gasteiger partial charge in [-0.1, -0.05) is 53.8 Å². The van der Waals surface area contributed by atoms with Gasteiger partial charge in [0.15, 0.2) is 27.8 Å². The summed E-state index contributed by atoms with van der Waals surface area (Å²) >= 11 is 1.25. The first-order valence-corrected chi connectivity index (χ1v) is 14.3. The van der Waals surface area contributed by atoms with Crippen molar-refractivity contribution in [2.45, 2.75) is 19.9 Å². The highest BCUT2D eigenvalue weighted by atomic mass is 32.1. The van der Waals surface area contributed by atoms with Crippen molar-refractivity contribution in [3.05, 3.63) is 109 Å². The van der Waals surface area contributed by atoms with Crippen LogP contribution in [0.4, 0.5) is 0 Å². The van der Waals surface area contributed by atoms with Gasteiger partial charge >= 0.3 is 5.97 Å². The van der Waals surface area contributed by atoms with E-state index in [9.17, 15) is 9.59 Å². The van der Waals surface area contributed by atoms with Crippen LogP contribution < -0.4 is 33.8 Å². The van der Waals surface area contributed by atoms with Crippen LogP contribution in [0.1, 0.15) is 36.6 Å². The van der Waals surface area contributed by atoms with E-state index in [0.717, 1.165) is 11.1 Å². The van der Waals surface area contributed by atoms with E-state index in [4.69, 9.17) is 28.7 Å². The van der Waals surface area contributed by atoms with E-state index >= 15 is 0 Å².